The minimum Gasteiger partial charge on any atom is -0.393 e. The van der Waals surface area contributed by atoms with E-state index in [9.17, 15) is 20.4 Å². The monoisotopic (exact) mass is 490 g/mol. The first kappa shape index (κ1) is 25.1. The lowest BCUT2D eigenvalue weighted by Crippen LogP contribution is -2.62. The van der Waals surface area contributed by atoms with Crippen LogP contribution in [-0.4, -0.2) is 56.0 Å². The van der Waals surface area contributed by atoms with Gasteiger partial charge in [-0.25, -0.2) is 0 Å². The fraction of sp³-hybridized carbons (Fsp3) is 1.00. The van der Waals surface area contributed by atoms with Crippen LogP contribution in [0.3, 0.4) is 0 Å². The van der Waals surface area contributed by atoms with Gasteiger partial charge in [0.25, 0.3) is 0 Å². The second-order valence-corrected chi connectivity index (χ2v) is 15.9. The summed E-state index contributed by atoms with van der Waals surface area (Å²) in [6, 6.07) is 0. The summed E-state index contributed by atoms with van der Waals surface area (Å²) in [5.41, 5.74) is -1.35. The normalized spacial score (nSPS) is 60.9. The molecule has 2 spiro atoms. The molecular weight excluding hydrogens is 440 g/mol. The molecule has 5 heteroatoms. The number of aliphatic hydroxyl groups is 4. The topological polar surface area (TPSA) is 90.2 Å². The molecule has 0 bridgehead atoms. The molecule has 1 aliphatic heterocycles. The van der Waals surface area contributed by atoms with E-state index in [0.717, 1.165) is 51.4 Å². The molecule has 4 N–H and O–H groups in total. The highest BCUT2D eigenvalue weighted by atomic mass is 16.5. The van der Waals surface area contributed by atoms with Crippen molar-refractivity contribution in [2.45, 2.75) is 142 Å². The highest BCUT2D eigenvalue weighted by Crippen LogP contribution is 2.89. The number of aliphatic hydroxyl groups excluding tert-OH is 3. The van der Waals surface area contributed by atoms with Gasteiger partial charge in [0.1, 0.15) is 0 Å². The largest absolute Gasteiger partial charge is 0.393 e. The van der Waals surface area contributed by atoms with E-state index < -0.39 is 23.4 Å². The molecule has 6 aliphatic rings. The minimum absolute atomic E-state index is 0.0267. The van der Waals surface area contributed by atoms with Crippen LogP contribution in [0.2, 0.25) is 0 Å². The van der Waals surface area contributed by atoms with Gasteiger partial charge in [0.15, 0.2) is 0 Å². The maximum atomic E-state index is 11.7. The molecule has 1 saturated heterocycles. The van der Waals surface area contributed by atoms with Crippen LogP contribution in [0.1, 0.15) is 106 Å². The first-order valence-corrected chi connectivity index (χ1v) is 14.4. The van der Waals surface area contributed by atoms with Gasteiger partial charge in [-0.2, -0.15) is 0 Å². The molecule has 200 valence electrons. The summed E-state index contributed by atoms with van der Waals surface area (Å²) in [6.45, 7) is 15.0. The van der Waals surface area contributed by atoms with Gasteiger partial charge in [-0.3, -0.25) is 0 Å². The van der Waals surface area contributed by atoms with Gasteiger partial charge in [-0.15, -0.1) is 0 Å². The maximum Gasteiger partial charge on any atom is 0.0865 e. The molecular formula is C30H50O5. The van der Waals surface area contributed by atoms with Crippen molar-refractivity contribution in [1.29, 1.82) is 0 Å². The van der Waals surface area contributed by atoms with Crippen molar-refractivity contribution in [3.05, 3.63) is 0 Å². The molecule has 5 saturated carbocycles. The molecule has 12 atom stereocenters. The molecule has 0 aromatic carbocycles. The van der Waals surface area contributed by atoms with Crippen molar-refractivity contribution >= 4 is 0 Å². The first-order valence-electron chi connectivity index (χ1n) is 14.4. The molecule has 5 nitrogen and oxygen atoms in total. The Morgan fingerprint density at radius 1 is 0.771 bits per heavy atom. The number of ether oxygens (including phenoxy) is 1. The van der Waals surface area contributed by atoms with Crippen molar-refractivity contribution in [3.8, 4) is 0 Å². The van der Waals surface area contributed by atoms with Crippen LogP contribution in [0.4, 0.5) is 0 Å². The number of rotatable bonds is 2. The van der Waals surface area contributed by atoms with E-state index in [1.54, 1.807) is 0 Å². The zero-order chi connectivity index (χ0) is 25.6. The van der Waals surface area contributed by atoms with Crippen LogP contribution >= 0.6 is 0 Å². The standard InChI is InChI=1S/C30H50O5/c1-24(2)20(33)8-11-30-16-29(30)13-12-26(5)23(28(7)10-9-21(35-28)25(3,4)34)18(32)15-27(26,6)19(29)14-17(31)22(24)30/h17-23,31-34H,8-16H2,1-7H3/t17-,18-,19-,20-,21-,22-,23-,26+,27-,28+,29?,30+/m0/s1. The summed E-state index contributed by atoms with van der Waals surface area (Å²) in [7, 11) is 0. The quantitative estimate of drug-likeness (QED) is 0.460. The molecule has 1 heterocycles. The van der Waals surface area contributed by atoms with Gasteiger partial charge < -0.3 is 25.2 Å². The average Bonchev–Trinajstić information content (AvgIpc) is 3.08. The molecule has 0 aromatic rings. The van der Waals surface area contributed by atoms with Crippen molar-refractivity contribution in [3.63, 3.8) is 0 Å². The van der Waals surface area contributed by atoms with Gasteiger partial charge in [0.2, 0.25) is 0 Å². The third-order valence-corrected chi connectivity index (χ3v) is 13.8. The van der Waals surface area contributed by atoms with E-state index in [1.807, 2.05) is 13.8 Å². The van der Waals surface area contributed by atoms with E-state index in [1.165, 1.54) is 6.42 Å². The zero-order valence-electron chi connectivity index (χ0n) is 23.1. The third-order valence-electron chi connectivity index (χ3n) is 13.8. The lowest BCUT2D eigenvalue weighted by atomic mass is 9.41. The Balaban J connectivity index is 1.37. The summed E-state index contributed by atoms with van der Waals surface area (Å²) in [4.78, 5) is 0. The predicted octanol–water partition coefficient (Wildman–Crippen LogP) is 4.44. The van der Waals surface area contributed by atoms with E-state index in [2.05, 4.69) is 34.6 Å². The van der Waals surface area contributed by atoms with Gasteiger partial charge in [-0.05, 0) is 117 Å². The molecule has 6 fully saturated rings. The number of hydrogen-bond donors (Lipinski definition) is 4. The van der Waals surface area contributed by atoms with Crippen LogP contribution in [-0.2, 0) is 4.74 Å². The smallest absolute Gasteiger partial charge is 0.0865 e. The maximum absolute atomic E-state index is 11.7. The van der Waals surface area contributed by atoms with E-state index >= 15 is 0 Å². The third kappa shape index (κ3) is 2.78. The average molecular weight is 491 g/mol. The van der Waals surface area contributed by atoms with Gasteiger partial charge in [0.05, 0.1) is 35.6 Å². The van der Waals surface area contributed by atoms with Crippen LogP contribution < -0.4 is 0 Å². The van der Waals surface area contributed by atoms with Gasteiger partial charge in [0, 0.05) is 5.92 Å². The van der Waals surface area contributed by atoms with Crippen LogP contribution in [0, 0.1) is 44.8 Å². The summed E-state index contributed by atoms with van der Waals surface area (Å²) < 4.78 is 6.66. The van der Waals surface area contributed by atoms with Gasteiger partial charge in [-0.1, -0.05) is 27.7 Å². The molecule has 5 aliphatic carbocycles. The van der Waals surface area contributed by atoms with E-state index in [0.29, 0.717) is 5.92 Å². The Kier molecular flexibility index (Phi) is 4.92. The van der Waals surface area contributed by atoms with Crippen LogP contribution in [0.15, 0.2) is 0 Å². The second-order valence-electron chi connectivity index (χ2n) is 15.9. The molecule has 35 heavy (non-hydrogen) atoms. The second kappa shape index (κ2) is 6.86. The van der Waals surface area contributed by atoms with Crippen LogP contribution in [0.25, 0.3) is 0 Å². The molecule has 0 aromatic heterocycles. The number of hydrogen-bond acceptors (Lipinski definition) is 5. The SMILES string of the molecule is CC(C)(O)[C@@H]1CC[C@](C)([C@H]2[C@@H](O)C[C@@]3(C)[C@@H]4C[C@H](O)[C@H]5C(C)(C)[C@@H](O)CC[C@@]56CC46CC[C@]23C)O1. The summed E-state index contributed by atoms with van der Waals surface area (Å²) in [5.74, 6) is 0.577. The minimum atomic E-state index is -0.886. The predicted molar refractivity (Wildman–Crippen MR) is 134 cm³/mol. The Morgan fingerprint density at radius 2 is 1.46 bits per heavy atom. The fourth-order valence-electron chi connectivity index (χ4n) is 12.1. The van der Waals surface area contributed by atoms with E-state index in [4.69, 9.17) is 4.74 Å². The molecule has 0 amide bonds. The molecule has 1 unspecified atom stereocenters. The summed E-state index contributed by atoms with van der Waals surface area (Å²) in [5, 5.41) is 45.0. The Hall–Kier alpha value is -0.200. The Labute approximate surface area is 212 Å². The lowest BCUT2D eigenvalue weighted by molar-refractivity contribution is -0.213. The lowest BCUT2D eigenvalue weighted by Gasteiger charge is -2.64. The van der Waals surface area contributed by atoms with Crippen molar-refractivity contribution in [2.75, 3.05) is 0 Å². The summed E-state index contributed by atoms with van der Waals surface area (Å²) in [6.07, 6.45) is 7.18. The zero-order valence-corrected chi connectivity index (χ0v) is 23.1. The van der Waals surface area contributed by atoms with Crippen LogP contribution in [0.5, 0.6) is 0 Å². The van der Waals surface area contributed by atoms with Crippen molar-refractivity contribution in [2.24, 2.45) is 44.8 Å². The fourth-order valence-corrected chi connectivity index (χ4v) is 12.1. The summed E-state index contributed by atoms with van der Waals surface area (Å²) >= 11 is 0. The molecule has 0 radical (unpaired) electrons. The number of fused-ring (bicyclic) bond motifs is 2. The van der Waals surface area contributed by atoms with Crippen molar-refractivity contribution in [1.82, 2.24) is 0 Å². The molecule has 6 rings (SSSR count). The Morgan fingerprint density at radius 3 is 2.09 bits per heavy atom. The Bertz CT molecular complexity index is 911. The van der Waals surface area contributed by atoms with Gasteiger partial charge >= 0.3 is 0 Å². The highest BCUT2D eigenvalue weighted by molar-refractivity contribution is 5.33. The van der Waals surface area contributed by atoms with E-state index in [-0.39, 0.29) is 51.1 Å². The highest BCUT2D eigenvalue weighted by Gasteiger charge is 2.84. The van der Waals surface area contributed by atoms with Crippen molar-refractivity contribution < 1.29 is 25.2 Å². The first-order chi connectivity index (χ1) is 16.0.